The van der Waals surface area contributed by atoms with E-state index in [1.807, 2.05) is 31.2 Å². The highest BCUT2D eigenvalue weighted by Crippen LogP contribution is 2.23. The van der Waals surface area contributed by atoms with Gasteiger partial charge in [0.15, 0.2) is 0 Å². The first-order chi connectivity index (χ1) is 9.75. The third-order valence-electron chi connectivity index (χ3n) is 3.57. The average Bonchev–Trinajstić information content (AvgIpc) is 2.43. The number of amides is 1. The molecule has 0 bridgehead atoms. The Morgan fingerprint density at radius 1 is 1.29 bits per heavy atom. The third kappa shape index (κ3) is 5.48. The van der Waals surface area contributed by atoms with Gasteiger partial charge in [0.2, 0.25) is 5.91 Å². The number of hydrogen-bond acceptors (Lipinski definition) is 3. The fourth-order valence-corrected chi connectivity index (χ4v) is 2.09. The van der Waals surface area contributed by atoms with Gasteiger partial charge in [0.05, 0.1) is 12.1 Å². The highest BCUT2D eigenvalue weighted by molar-refractivity contribution is 5.81. The Bertz CT molecular complexity index is 449. The van der Waals surface area contributed by atoms with E-state index >= 15 is 0 Å². The molecular weight excluding hydrogens is 264 g/mol. The molecule has 1 rings (SSSR count). The highest BCUT2D eigenvalue weighted by atomic mass is 16.3. The van der Waals surface area contributed by atoms with E-state index in [0.29, 0.717) is 6.42 Å². The lowest BCUT2D eigenvalue weighted by atomic mass is 9.86. The van der Waals surface area contributed by atoms with Crippen LogP contribution in [0, 0.1) is 0 Å². The SMILES string of the molecule is CCCC(N)C(=O)NCC(O)c1ccc(C(C)(C)C)cc1. The average molecular weight is 292 g/mol. The molecule has 1 amide bonds. The standard InChI is InChI=1S/C17H28N2O2/c1-5-6-14(18)16(21)19-11-15(20)12-7-9-13(10-8-12)17(2,3)4/h7-10,14-15,20H,5-6,11,18H2,1-4H3,(H,19,21). The van der Waals surface area contributed by atoms with Gasteiger partial charge >= 0.3 is 0 Å². The van der Waals surface area contributed by atoms with E-state index in [2.05, 4.69) is 26.1 Å². The fourth-order valence-electron chi connectivity index (χ4n) is 2.09. The minimum Gasteiger partial charge on any atom is -0.387 e. The summed E-state index contributed by atoms with van der Waals surface area (Å²) in [6, 6.07) is 7.35. The van der Waals surface area contributed by atoms with Crippen molar-refractivity contribution in [1.82, 2.24) is 5.32 Å². The monoisotopic (exact) mass is 292 g/mol. The van der Waals surface area contributed by atoms with E-state index < -0.39 is 12.1 Å². The Morgan fingerprint density at radius 3 is 2.33 bits per heavy atom. The summed E-state index contributed by atoms with van der Waals surface area (Å²) < 4.78 is 0. The van der Waals surface area contributed by atoms with Crippen molar-refractivity contribution in [3.63, 3.8) is 0 Å². The smallest absolute Gasteiger partial charge is 0.237 e. The van der Waals surface area contributed by atoms with Crippen molar-refractivity contribution in [2.24, 2.45) is 5.73 Å². The number of nitrogens with two attached hydrogens (primary N) is 1. The Hall–Kier alpha value is -1.39. The van der Waals surface area contributed by atoms with E-state index in [1.54, 1.807) is 0 Å². The topological polar surface area (TPSA) is 75.4 Å². The van der Waals surface area contributed by atoms with Crippen LogP contribution in [-0.2, 0) is 10.2 Å². The molecule has 0 aromatic heterocycles. The minimum atomic E-state index is -0.711. The highest BCUT2D eigenvalue weighted by Gasteiger charge is 2.16. The van der Waals surface area contributed by atoms with Crippen molar-refractivity contribution in [3.05, 3.63) is 35.4 Å². The van der Waals surface area contributed by atoms with E-state index in [0.717, 1.165) is 12.0 Å². The number of rotatable bonds is 6. The number of hydrogen-bond donors (Lipinski definition) is 3. The summed E-state index contributed by atoms with van der Waals surface area (Å²) in [5, 5.41) is 12.8. The maximum atomic E-state index is 11.7. The van der Waals surface area contributed by atoms with Crippen molar-refractivity contribution in [2.45, 2.75) is 58.1 Å². The molecule has 0 heterocycles. The molecule has 0 radical (unpaired) electrons. The molecule has 4 nitrogen and oxygen atoms in total. The van der Waals surface area contributed by atoms with Gasteiger partial charge in [-0.1, -0.05) is 58.4 Å². The lowest BCUT2D eigenvalue weighted by molar-refractivity contribution is -0.123. The lowest BCUT2D eigenvalue weighted by Gasteiger charge is -2.20. The van der Waals surface area contributed by atoms with Gasteiger partial charge in [0, 0.05) is 6.54 Å². The van der Waals surface area contributed by atoms with Crippen molar-refractivity contribution < 1.29 is 9.90 Å². The number of aliphatic hydroxyl groups excluding tert-OH is 1. The first kappa shape index (κ1) is 17.7. The van der Waals surface area contributed by atoms with Crippen LogP contribution in [0.3, 0.4) is 0 Å². The summed E-state index contributed by atoms with van der Waals surface area (Å²) in [6.07, 6.45) is 0.810. The second-order valence-corrected chi connectivity index (χ2v) is 6.53. The summed E-state index contributed by atoms with van der Waals surface area (Å²) in [6.45, 7) is 8.61. The van der Waals surface area contributed by atoms with Gasteiger partial charge in [-0.15, -0.1) is 0 Å². The molecule has 2 atom stereocenters. The first-order valence-corrected chi connectivity index (χ1v) is 7.57. The molecule has 21 heavy (non-hydrogen) atoms. The second-order valence-electron chi connectivity index (χ2n) is 6.53. The van der Waals surface area contributed by atoms with Gasteiger partial charge in [-0.2, -0.15) is 0 Å². The largest absolute Gasteiger partial charge is 0.387 e. The molecule has 0 aliphatic rings. The van der Waals surface area contributed by atoms with Gasteiger partial charge < -0.3 is 16.2 Å². The molecule has 118 valence electrons. The minimum absolute atomic E-state index is 0.0879. The molecule has 4 N–H and O–H groups in total. The number of benzene rings is 1. The van der Waals surface area contributed by atoms with Crippen LogP contribution in [0.5, 0.6) is 0 Å². The van der Waals surface area contributed by atoms with Crippen LogP contribution in [0.4, 0.5) is 0 Å². The van der Waals surface area contributed by atoms with Crippen molar-refractivity contribution in [2.75, 3.05) is 6.54 Å². The molecular formula is C17H28N2O2. The molecule has 1 aromatic carbocycles. The molecule has 1 aromatic rings. The fraction of sp³-hybridized carbons (Fsp3) is 0.588. The van der Waals surface area contributed by atoms with Crippen molar-refractivity contribution in [3.8, 4) is 0 Å². The zero-order valence-corrected chi connectivity index (χ0v) is 13.5. The lowest BCUT2D eigenvalue weighted by Crippen LogP contribution is -2.42. The number of nitrogens with one attached hydrogen (secondary N) is 1. The summed E-state index contributed by atoms with van der Waals surface area (Å²) in [4.78, 5) is 11.7. The molecule has 0 saturated carbocycles. The van der Waals surface area contributed by atoms with Crippen LogP contribution in [0.25, 0.3) is 0 Å². The Balaban J connectivity index is 2.56. The third-order valence-corrected chi connectivity index (χ3v) is 3.57. The molecule has 0 spiro atoms. The maximum Gasteiger partial charge on any atom is 0.237 e. The zero-order valence-electron chi connectivity index (χ0n) is 13.5. The van der Waals surface area contributed by atoms with Crippen LogP contribution in [0.1, 0.15) is 57.8 Å². The predicted molar refractivity (Wildman–Crippen MR) is 86.0 cm³/mol. The van der Waals surface area contributed by atoms with E-state index in [-0.39, 0.29) is 17.9 Å². The van der Waals surface area contributed by atoms with Gasteiger partial charge in [-0.3, -0.25) is 4.79 Å². The summed E-state index contributed by atoms with van der Waals surface area (Å²) >= 11 is 0. The quantitative estimate of drug-likeness (QED) is 0.753. The number of carbonyl (C=O) groups is 1. The molecule has 4 heteroatoms. The summed E-state index contributed by atoms with van der Waals surface area (Å²) in [5.41, 5.74) is 7.83. The van der Waals surface area contributed by atoms with E-state index in [9.17, 15) is 9.90 Å². The Kier molecular flexibility index (Phi) is 6.37. The van der Waals surface area contributed by atoms with Gasteiger partial charge in [-0.05, 0) is 23.0 Å². The first-order valence-electron chi connectivity index (χ1n) is 7.57. The zero-order chi connectivity index (χ0) is 16.0. The molecule has 0 aliphatic carbocycles. The molecule has 0 saturated heterocycles. The normalized spacial score (nSPS) is 14.6. The van der Waals surface area contributed by atoms with Crippen LogP contribution in [0.15, 0.2) is 24.3 Å². The predicted octanol–water partition coefficient (Wildman–Crippen LogP) is 2.26. The van der Waals surface area contributed by atoms with E-state index in [1.165, 1.54) is 5.56 Å². The van der Waals surface area contributed by atoms with Crippen molar-refractivity contribution in [1.29, 1.82) is 0 Å². The maximum absolute atomic E-state index is 11.7. The second kappa shape index (κ2) is 7.57. The van der Waals surface area contributed by atoms with Crippen LogP contribution >= 0.6 is 0 Å². The van der Waals surface area contributed by atoms with Crippen LogP contribution < -0.4 is 11.1 Å². The van der Waals surface area contributed by atoms with Crippen LogP contribution in [0.2, 0.25) is 0 Å². The number of carbonyl (C=O) groups excluding carboxylic acids is 1. The Labute approximate surface area is 127 Å². The Morgan fingerprint density at radius 2 is 1.86 bits per heavy atom. The molecule has 2 unspecified atom stereocenters. The summed E-state index contributed by atoms with van der Waals surface area (Å²) in [7, 11) is 0. The molecule has 0 fully saturated rings. The van der Waals surface area contributed by atoms with Gasteiger partial charge in [0.1, 0.15) is 0 Å². The number of aliphatic hydroxyl groups is 1. The van der Waals surface area contributed by atoms with Crippen LogP contribution in [-0.4, -0.2) is 23.6 Å². The summed E-state index contributed by atoms with van der Waals surface area (Å²) in [5.74, 6) is -0.206. The molecule has 0 aliphatic heterocycles. The van der Waals surface area contributed by atoms with E-state index in [4.69, 9.17) is 5.73 Å². The van der Waals surface area contributed by atoms with Crippen molar-refractivity contribution >= 4 is 5.91 Å². The van der Waals surface area contributed by atoms with Gasteiger partial charge in [-0.25, -0.2) is 0 Å². The van der Waals surface area contributed by atoms with Gasteiger partial charge in [0.25, 0.3) is 0 Å².